The number of hydrogen-bond donors (Lipinski definition) is 2. The average molecular weight is 451 g/mol. The first kappa shape index (κ1) is 20.2. The van der Waals surface area contributed by atoms with Crippen LogP contribution in [0.2, 0.25) is 0 Å². The first-order chi connectivity index (χ1) is 11.2. The predicted molar refractivity (Wildman–Crippen MR) is 108 cm³/mol. The summed E-state index contributed by atoms with van der Waals surface area (Å²) in [6.45, 7) is 7.41. The Hall–Kier alpha value is -0.0800. The lowest BCUT2D eigenvalue weighted by atomic mass is 9.85. The molecular weight excluding hydrogens is 417 g/mol. The van der Waals surface area contributed by atoms with Crippen molar-refractivity contribution in [2.24, 2.45) is 16.3 Å². The van der Waals surface area contributed by atoms with Crippen molar-refractivity contribution in [2.75, 3.05) is 39.4 Å². The highest BCUT2D eigenvalue weighted by Gasteiger charge is 2.42. The second-order valence-electron chi connectivity index (χ2n) is 7.63. The van der Waals surface area contributed by atoms with E-state index in [2.05, 4.69) is 17.1 Å². The molecule has 1 aliphatic carbocycles. The number of nitrogens with one attached hydrogen (secondary N) is 1. The van der Waals surface area contributed by atoms with Gasteiger partial charge in [0.15, 0.2) is 5.96 Å². The third-order valence-corrected chi connectivity index (χ3v) is 5.88. The van der Waals surface area contributed by atoms with Gasteiger partial charge in [0.25, 0.3) is 0 Å². The number of aliphatic hydroxyl groups excluding tert-OH is 1. The highest BCUT2D eigenvalue weighted by molar-refractivity contribution is 14.0. The molecule has 3 fully saturated rings. The molecule has 0 aromatic heterocycles. The van der Waals surface area contributed by atoms with Gasteiger partial charge in [-0.1, -0.05) is 19.3 Å². The van der Waals surface area contributed by atoms with Crippen molar-refractivity contribution < 1.29 is 9.84 Å². The van der Waals surface area contributed by atoms with E-state index in [1.54, 1.807) is 0 Å². The first-order valence-corrected chi connectivity index (χ1v) is 9.51. The van der Waals surface area contributed by atoms with E-state index in [1.807, 2.05) is 0 Å². The Balaban J connectivity index is 0.00000208. The van der Waals surface area contributed by atoms with E-state index in [0.29, 0.717) is 17.9 Å². The van der Waals surface area contributed by atoms with Gasteiger partial charge in [0.05, 0.1) is 19.3 Å². The van der Waals surface area contributed by atoms with Crippen molar-refractivity contribution in [3.05, 3.63) is 0 Å². The Labute approximate surface area is 163 Å². The molecule has 0 amide bonds. The van der Waals surface area contributed by atoms with Gasteiger partial charge in [-0.05, 0) is 38.5 Å². The molecule has 6 heteroatoms. The van der Waals surface area contributed by atoms with E-state index in [1.165, 1.54) is 32.1 Å². The molecule has 1 spiro atoms. The van der Waals surface area contributed by atoms with Crippen LogP contribution in [0.4, 0.5) is 0 Å². The van der Waals surface area contributed by atoms with Gasteiger partial charge >= 0.3 is 0 Å². The third kappa shape index (κ3) is 4.97. The van der Waals surface area contributed by atoms with Crippen molar-refractivity contribution in [3.63, 3.8) is 0 Å². The molecule has 24 heavy (non-hydrogen) atoms. The van der Waals surface area contributed by atoms with Gasteiger partial charge < -0.3 is 20.1 Å². The number of rotatable bonds is 4. The third-order valence-electron chi connectivity index (χ3n) is 5.88. The van der Waals surface area contributed by atoms with Gasteiger partial charge in [-0.15, -0.1) is 24.0 Å². The zero-order chi connectivity index (χ0) is 16.1. The Morgan fingerprint density at radius 1 is 1.33 bits per heavy atom. The number of ether oxygens (including phenoxy) is 1. The number of hydrogen-bond acceptors (Lipinski definition) is 3. The Kier molecular flexibility index (Phi) is 8.07. The molecule has 3 rings (SSSR count). The molecule has 2 N–H and O–H groups in total. The quantitative estimate of drug-likeness (QED) is 0.392. The molecule has 140 valence electrons. The van der Waals surface area contributed by atoms with Gasteiger partial charge in [-0.2, -0.15) is 0 Å². The van der Waals surface area contributed by atoms with Crippen LogP contribution < -0.4 is 5.32 Å². The number of aliphatic hydroxyl groups is 1. The molecule has 0 radical (unpaired) electrons. The van der Waals surface area contributed by atoms with Crippen LogP contribution in [-0.2, 0) is 4.74 Å². The fourth-order valence-corrected chi connectivity index (χ4v) is 4.36. The molecule has 2 aliphatic heterocycles. The summed E-state index contributed by atoms with van der Waals surface area (Å²) in [6.07, 6.45) is 8.27. The number of likely N-dealkylation sites (tertiary alicyclic amines) is 1. The van der Waals surface area contributed by atoms with Gasteiger partial charge in [0, 0.05) is 31.7 Å². The van der Waals surface area contributed by atoms with Gasteiger partial charge in [0.2, 0.25) is 0 Å². The summed E-state index contributed by atoms with van der Waals surface area (Å²) < 4.78 is 5.62. The zero-order valence-corrected chi connectivity index (χ0v) is 17.3. The topological polar surface area (TPSA) is 57.1 Å². The molecule has 3 aliphatic rings. The van der Waals surface area contributed by atoms with E-state index in [9.17, 15) is 5.11 Å². The zero-order valence-electron chi connectivity index (χ0n) is 15.0. The normalized spacial score (nSPS) is 29.8. The smallest absolute Gasteiger partial charge is 0.194 e. The lowest BCUT2D eigenvalue weighted by Crippen LogP contribution is -2.42. The Bertz CT molecular complexity index is 407. The van der Waals surface area contributed by atoms with Gasteiger partial charge in [-0.25, -0.2) is 0 Å². The molecule has 0 bridgehead atoms. The molecule has 5 nitrogen and oxygen atoms in total. The summed E-state index contributed by atoms with van der Waals surface area (Å²) in [5, 5.41) is 13.9. The first-order valence-electron chi connectivity index (χ1n) is 9.51. The largest absolute Gasteiger partial charge is 0.391 e. The van der Waals surface area contributed by atoms with Crippen LogP contribution in [0, 0.1) is 11.3 Å². The average Bonchev–Trinajstić information content (AvgIpc) is 3.22. The summed E-state index contributed by atoms with van der Waals surface area (Å²) in [5.41, 5.74) is 0.345. The van der Waals surface area contributed by atoms with E-state index in [4.69, 9.17) is 9.73 Å². The van der Waals surface area contributed by atoms with Crippen molar-refractivity contribution in [2.45, 2.75) is 58.0 Å². The van der Waals surface area contributed by atoms with Crippen LogP contribution in [0.1, 0.15) is 51.9 Å². The highest BCUT2D eigenvalue weighted by atomic mass is 127. The van der Waals surface area contributed by atoms with E-state index in [-0.39, 0.29) is 30.1 Å². The molecule has 0 aromatic rings. The second kappa shape index (κ2) is 9.57. The molecule has 2 saturated heterocycles. The molecule has 2 heterocycles. The van der Waals surface area contributed by atoms with Crippen LogP contribution in [0.3, 0.4) is 0 Å². The lowest BCUT2D eigenvalue weighted by molar-refractivity contribution is 0.0921. The summed E-state index contributed by atoms with van der Waals surface area (Å²) >= 11 is 0. The minimum absolute atomic E-state index is 0. The van der Waals surface area contributed by atoms with Crippen molar-refractivity contribution in [1.82, 2.24) is 10.2 Å². The maximum atomic E-state index is 10.5. The van der Waals surface area contributed by atoms with Gasteiger partial charge in [-0.3, -0.25) is 4.99 Å². The fraction of sp³-hybridized carbons (Fsp3) is 0.944. The maximum Gasteiger partial charge on any atom is 0.194 e. The van der Waals surface area contributed by atoms with Crippen LogP contribution in [0.5, 0.6) is 0 Å². The van der Waals surface area contributed by atoms with Crippen LogP contribution >= 0.6 is 24.0 Å². The molecule has 1 saturated carbocycles. The minimum atomic E-state index is -0.282. The molecule has 2 unspecified atom stereocenters. The Morgan fingerprint density at radius 2 is 2.12 bits per heavy atom. The number of guanidine groups is 1. The van der Waals surface area contributed by atoms with Crippen molar-refractivity contribution in [3.8, 4) is 0 Å². The molecular formula is C18H34IN3O2. The standard InChI is InChI=1S/C18H33N3O2.HI/c1-2-19-17(20-12-16(22)15-6-4-3-5-7-15)21-10-8-18(13-21)9-11-23-14-18;/h15-16,22H,2-14H2,1H3,(H,19,20);1H. The number of halogens is 1. The van der Waals surface area contributed by atoms with Gasteiger partial charge in [0.1, 0.15) is 0 Å². The predicted octanol–water partition coefficient (Wildman–Crippen LogP) is 2.62. The summed E-state index contributed by atoms with van der Waals surface area (Å²) in [5.74, 6) is 1.43. The van der Waals surface area contributed by atoms with Crippen LogP contribution in [0.25, 0.3) is 0 Å². The summed E-state index contributed by atoms with van der Waals surface area (Å²) in [6, 6.07) is 0. The second-order valence-corrected chi connectivity index (χ2v) is 7.63. The number of aliphatic imine (C=N–C) groups is 1. The molecule has 0 aromatic carbocycles. The minimum Gasteiger partial charge on any atom is -0.391 e. The van der Waals surface area contributed by atoms with Crippen LogP contribution in [-0.4, -0.2) is 61.5 Å². The number of nitrogens with zero attached hydrogens (tertiary/aromatic N) is 2. The van der Waals surface area contributed by atoms with Crippen molar-refractivity contribution >= 4 is 29.9 Å². The Morgan fingerprint density at radius 3 is 2.79 bits per heavy atom. The van der Waals surface area contributed by atoms with Crippen LogP contribution in [0.15, 0.2) is 4.99 Å². The maximum absolute atomic E-state index is 10.5. The SMILES string of the molecule is CCNC(=NCC(O)C1CCCCC1)N1CCC2(CCOC2)C1.I. The van der Waals surface area contributed by atoms with E-state index >= 15 is 0 Å². The highest BCUT2D eigenvalue weighted by Crippen LogP contribution is 2.38. The summed E-state index contributed by atoms with van der Waals surface area (Å²) in [7, 11) is 0. The lowest BCUT2D eigenvalue weighted by Gasteiger charge is -2.27. The van der Waals surface area contributed by atoms with E-state index < -0.39 is 0 Å². The summed E-state index contributed by atoms with van der Waals surface area (Å²) in [4.78, 5) is 7.13. The fourth-order valence-electron chi connectivity index (χ4n) is 4.36. The van der Waals surface area contributed by atoms with Crippen molar-refractivity contribution in [1.29, 1.82) is 0 Å². The van der Waals surface area contributed by atoms with E-state index in [0.717, 1.165) is 51.6 Å². The molecule has 2 atom stereocenters. The monoisotopic (exact) mass is 451 g/mol.